The van der Waals surface area contributed by atoms with Gasteiger partial charge in [0, 0.05) is 24.0 Å². The van der Waals surface area contributed by atoms with Crippen LogP contribution in [-0.2, 0) is 10.0 Å². The first-order valence-corrected chi connectivity index (χ1v) is 9.06. The molecule has 0 aliphatic carbocycles. The Morgan fingerprint density at radius 3 is 2.79 bits per heavy atom. The van der Waals surface area contributed by atoms with Crippen LogP contribution in [0, 0.1) is 0 Å². The average molecular weight is 300 g/mol. The zero-order chi connectivity index (χ0) is 13.9. The molecule has 1 unspecified atom stereocenters. The Bertz CT molecular complexity index is 531. The maximum atomic E-state index is 12.7. The minimum absolute atomic E-state index is 0.255. The first kappa shape index (κ1) is 14.8. The van der Waals surface area contributed by atoms with Crippen molar-refractivity contribution in [3.8, 4) is 0 Å². The molecule has 0 radical (unpaired) electrons. The first-order valence-electron chi connectivity index (χ1n) is 6.40. The van der Waals surface area contributed by atoms with Gasteiger partial charge < -0.3 is 5.32 Å². The van der Waals surface area contributed by atoms with Crippen LogP contribution in [0.1, 0.15) is 12.8 Å². The standard InChI is InChI=1S/C13H20N2O2S2/c1-14-11-6-5-9-15(10-11)19(16,17)13-8-4-3-7-12(13)18-2/h3-4,7-8,11,14H,5-6,9-10H2,1-2H3. The summed E-state index contributed by atoms with van der Waals surface area (Å²) in [6, 6.07) is 7.47. The minimum Gasteiger partial charge on any atom is -0.316 e. The molecule has 1 saturated heterocycles. The molecule has 19 heavy (non-hydrogen) atoms. The highest BCUT2D eigenvalue weighted by Crippen LogP contribution is 2.28. The number of thioether (sulfide) groups is 1. The summed E-state index contributed by atoms with van der Waals surface area (Å²) in [6.07, 6.45) is 3.85. The molecule has 1 atom stereocenters. The fourth-order valence-electron chi connectivity index (χ4n) is 2.37. The Hall–Kier alpha value is -0.560. The molecule has 0 amide bonds. The van der Waals surface area contributed by atoms with Crippen molar-refractivity contribution < 1.29 is 8.42 Å². The SMILES string of the molecule is CNC1CCCN(S(=O)(=O)c2ccccc2SC)C1. The molecular weight excluding hydrogens is 280 g/mol. The summed E-state index contributed by atoms with van der Waals surface area (Å²) in [4.78, 5) is 1.24. The number of nitrogens with one attached hydrogen (secondary N) is 1. The highest BCUT2D eigenvalue weighted by molar-refractivity contribution is 7.99. The predicted molar refractivity (Wildman–Crippen MR) is 79.1 cm³/mol. The molecule has 1 aliphatic heterocycles. The predicted octanol–water partition coefficient (Wildman–Crippen LogP) is 1.78. The topological polar surface area (TPSA) is 49.4 Å². The summed E-state index contributed by atoms with van der Waals surface area (Å²) in [5, 5.41) is 3.17. The number of sulfonamides is 1. The molecule has 1 aliphatic rings. The molecule has 1 fully saturated rings. The summed E-state index contributed by atoms with van der Waals surface area (Å²) in [5.41, 5.74) is 0. The van der Waals surface area contributed by atoms with E-state index in [4.69, 9.17) is 0 Å². The van der Waals surface area contributed by atoms with Gasteiger partial charge >= 0.3 is 0 Å². The van der Waals surface area contributed by atoms with Crippen LogP contribution in [0.2, 0.25) is 0 Å². The summed E-state index contributed by atoms with van der Waals surface area (Å²) < 4.78 is 27.0. The van der Waals surface area contributed by atoms with Gasteiger partial charge in [0.1, 0.15) is 0 Å². The number of rotatable bonds is 4. The monoisotopic (exact) mass is 300 g/mol. The highest BCUT2D eigenvalue weighted by atomic mass is 32.2. The Morgan fingerprint density at radius 1 is 1.37 bits per heavy atom. The molecule has 106 valence electrons. The van der Waals surface area contributed by atoms with Gasteiger partial charge in [-0.05, 0) is 38.3 Å². The van der Waals surface area contributed by atoms with Crippen molar-refractivity contribution in [3.05, 3.63) is 24.3 Å². The van der Waals surface area contributed by atoms with E-state index in [1.54, 1.807) is 16.4 Å². The van der Waals surface area contributed by atoms with E-state index in [9.17, 15) is 8.42 Å². The van der Waals surface area contributed by atoms with Crippen LogP contribution >= 0.6 is 11.8 Å². The maximum Gasteiger partial charge on any atom is 0.244 e. The number of hydrogen-bond donors (Lipinski definition) is 1. The quantitative estimate of drug-likeness (QED) is 0.861. The summed E-state index contributed by atoms with van der Waals surface area (Å²) in [7, 11) is -1.49. The van der Waals surface area contributed by atoms with Gasteiger partial charge in [-0.25, -0.2) is 8.42 Å². The smallest absolute Gasteiger partial charge is 0.244 e. The Kier molecular flexibility index (Phi) is 4.89. The summed E-state index contributed by atoms with van der Waals surface area (Å²) in [6.45, 7) is 1.17. The van der Waals surface area contributed by atoms with Gasteiger partial charge in [-0.1, -0.05) is 12.1 Å². The number of nitrogens with zero attached hydrogens (tertiary/aromatic N) is 1. The minimum atomic E-state index is -3.38. The Balaban J connectivity index is 2.31. The van der Waals surface area contributed by atoms with Crippen molar-refractivity contribution in [2.45, 2.75) is 28.7 Å². The molecule has 1 N–H and O–H groups in total. The molecule has 1 aromatic rings. The van der Waals surface area contributed by atoms with Crippen LogP contribution in [-0.4, -0.2) is 45.2 Å². The summed E-state index contributed by atoms with van der Waals surface area (Å²) in [5.74, 6) is 0. The average Bonchev–Trinajstić information content (AvgIpc) is 2.47. The van der Waals surface area contributed by atoms with Crippen LogP contribution in [0.4, 0.5) is 0 Å². The van der Waals surface area contributed by atoms with Crippen LogP contribution in [0.25, 0.3) is 0 Å². The van der Waals surface area contributed by atoms with E-state index in [2.05, 4.69) is 5.32 Å². The first-order chi connectivity index (χ1) is 9.09. The number of likely N-dealkylation sites (N-methyl/N-ethyl adjacent to an activating group) is 1. The molecule has 0 aromatic heterocycles. The van der Waals surface area contributed by atoms with Crippen LogP contribution in [0.3, 0.4) is 0 Å². The molecule has 6 heteroatoms. The van der Waals surface area contributed by atoms with Crippen LogP contribution in [0.5, 0.6) is 0 Å². The van der Waals surface area contributed by atoms with Crippen LogP contribution < -0.4 is 5.32 Å². The van der Waals surface area contributed by atoms with Crippen molar-refractivity contribution in [2.75, 3.05) is 26.4 Å². The van der Waals surface area contributed by atoms with Crippen molar-refractivity contribution in [2.24, 2.45) is 0 Å². The lowest BCUT2D eigenvalue weighted by molar-refractivity contribution is 0.292. The molecule has 0 saturated carbocycles. The van der Waals surface area contributed by atoms with E-state index in [0.717, 1.165) is 17.7 Å². The maximum absolute atomic E-state index is 12.7. The highest BCUT2D eigenvalue weighted by Gasteiger charge is 2.30. The van der Waals surface area contributed by atoms with Crippen LogP contribution in [0.15, 0.2) is 34.1 Å². The number of piperidine rings is 1. The molecule has 0 bridgehead atoms. The molecule has 1 aromatic carbocycles. The third-order valence-electron chi connectivity index (χ3n) is 3.48. The van der Waals surface area contributed by atoms with Crippen molar-refractivity contribution >= 4 is 21.8 Å². The zero-order valence-corrected chi connectivity index (χ0v) is 12.9. The van der Waals surface area contributed by atoms with Gasteiger partial charge in [0.05, 0.1) is 4.90 Å². The lowest BCUT2D eigenvalue weighted by atomic mass is 10.1. The fourth-order valence-corrected chi connectivity index (χ4v) is 5.01. The largest absolute Gasteiger partial charge is 0.316 e. The summed E-state index contributed by atoms with van der Waals surface area (Å²) >= 11 is 1.47. The molecule has 2 rings (SSSR count). The second kappa shape index (κ2) is 6.26. The Morgan fingerprint density at radius 2 is 2.11 bits per heavy atom. The third kappa shape index (κ3) is 3.13. The van der Waals surface area contributed by atoms with Crippen molar-refractivity contribution in [3.63, 3.8) is 0 Å². The zero-order valence-electron chi connectivity index (χ0n) is 11.3. The Labute approximate surface area is 119 Å². The fraction of sp³-hybridized carbons (Fsp3) is 0.538. The van der Waals surface area contributed by atoms with Gasteiger partial charge in [-0.2, -0.15) is 4.31 Å². The van der Waals surface area contributed by atoms with Gasteiger partial charge in [-0.15, -0.1) is 11.8 Å². The van der Waals surface area contributed by atoms with Gasteiger partial charge in [0.15, 0.2) is 0 Å². The second-order valence-corrected chi connectivity index (χ2v) is 7.40. The van der Waals surface area contributed by atoms with Gasteiger partial charge in [-0.3, -0.25) is 0 Å². The van der Waals surface area contributed by atoms with Gasteiger partial charge in [0.2, 0.25) is 10.0 Å². The normalized spacial score (nSPS) is 21.5. The van der Waals surface area contributed by atoms with E-state index in [0.29, 0.717) is 18.0 Å². The van der Waals surface area contributed by atoms with E-state index >= 15 is 0 Å². The van der Waals surface area contributed by atoms with Crippen molar-refractivity contribution in [1.29, 1.82) is 0 Å². The molecule has 0 spiro atoms. The van der Waals surface area contributed by atoms with Crippen molar-refractivity contribution in [1.82, 2.24) is 9.62 Å². The lowest BCUT2D eigenvalue weighted by Crippen LogP contribution is -2.46. The molecule has 1 heterocycles. The third-order valence-corrected chi connectivity index (χ3v) is 6.33. The van der Waals surface area contributed by atoms with E-state index in [1.165, 1.54) is 11.8 Å². The molecule has 4 nitrogen and oxygen atoms in total. The number of hydrogen-bond acceptors (Lipinski definition) is 4. The lowest BCUT2D eigenvalue weighted by Gasteiger charge is -2.32. The van der Waals surface area contributed by atoms with E-state index < -0.39 is 10.0 Å². The number of benzene rings is 1. The second-order valence-electron chi connectivity index (χ2n) is 4.64. The van der Waals surface area contributed by atoms with E-state index in [1.807, 2.05) is 25.4 Å². The van der Waals surface area contributed by atoms with Gasteiger partial charge in [0.25, 0.3) is 0 Å². The van der Waals surface area contributed by atoms with E-state index in [-0.39, 0.29) is 6.04 Å². The molecular formula is C13H20N2O2S2.